The smallest absolute Gasteiger partial charge is 0.143 e. The third-order valence-corrected chi connectivity index (χ3v) is 10.1. The number of thiophene rings is 1. The van der Waals surface area contributed by atoms with Gasteiger partial charge in [0.2, 0.25) is 0 Å². The molecule has 0 amide bonds. The summed E-state index contributed by atoms with van der Waals surface area (Å²) in [6.45, 7) is 6.68. The zero-order valence-corrected chi connectivity index (χ0v) is 25.0. The first kappa shape index (κ1) is 25.1. The summed E-state index contributed by atoms with van der Waals surface area (Å²) < 4.78 is 11.3. The van der Waals surface area contributed by atoms with Crippen molar-refractivity contribution >= 4 is 87.8 Å². The van der Waals surface area contributed by atoms with Crippen LogP contribution in [0.1, 0.15) is 6.92 Å². The molecule has 6 aromatic carbocycles. The third-order valence-electron chi connectivity index (χ3n) is 8.91. The number of allylic oxidation sites excluding steroid dienone is 2. The van der Waals surface area contributed by atoms with Gasteiger partial charge in [-0.2, -0.15) is 0 Å². The van der Waals surface area contributed by atoms with Gasteiger partial charge in [-0.25, -0.2) is 0 Å². The zero-order valence-electron chi connectivity index (χ0n) is 24.2. The van der Waals surface area contributed by atoms with Gasteiger partial charge in [-0.15, -0.1) is 11.3 Å². The zero-order chi connectivity index (χ0) is 29.4. The van der Waals surface area contributed by atoms with Crippen LogP contribution in [0, 0.1) is 0 Å². The fraction of sp³-hybridized carbons (Fsp3) is 0.0244. The molecular weight excluding hydrogens is 555 g/mol. The Kier molecular flexibility index (Phi) is 5.47. The highest BCUT2D eigenvalue weighted by molar-refractivity contribution is 7.26. The highest BCUT2D eigenvalue weighted by Gasteiger charge is 2.16. The lowest BCUT2D eigenvalue weighted by Crippen LogP contribution is -2.26. The van der Waals surface area contributed by atoms with E-state index in [1.165, 1.54) is 36.3 Å². The molecule has 9 aromatic rings. The summed E-state index contributed by atoms with van der Waals surface area (Å²) in [6.07, 6.45) is 6.39. The first-order valence-electron chi connectivity index (χ1n) is 14.9. The lowest BCUT2D eigenvalue weighted by Gasteiger charge is -2.09. The fourth-order valence-corrected chi connectivity index (χ4v) is 8.12. The van der Waals surface area contributed by atoms with Crippen molar-refractivity contribution in [1.29, 1.82) is 0 Å². The Hall–Kier alpha value is -5.38. The summed E-state index contributed by atoms with van der Waals surface area (Å²) >= 11 is 1.88. The summed E-state index contributed by atoms with van der Waals surface area (Å²) in [7, 11) is 0. The molecule has 0 atom stereocenters. The van der Waals surface area contributed by atoms with Crippen molar-refractivity contribution in [1.82, 2.24) is 4.57 Å². The van der Waals surface area contributed by atoms with E-state index in [1.807, 2.05) is 23.5 Å². The number of aromatic nitrogens is 1. The maximum Gasteiger partial charge on any atom is 0.143 e. The number of fused-ring (bicyclic) bond motifs is 10. The van der Waals surface area contributed by atoms with E-state index in [9.17, 15) is 0 Å². The molecule has 0 spiro atoms. The molecule has 0 unspecified atom stereocenters. The lowest BCUT2D eigenvalue weighted by atomic mass is 10.0. The largest absolute Gasteiger partial charge is 0.455 e. The van der Waals surface area contributed by atoms with Crippen molar-refractivity contribution in [3.05, 3.63) is 138 Å². The standard InChI is InChI=1S/C41H27NOS/c1-3-4-10-28-25(2)42(36-24-23-35-32(39(28)36)21-22-34-31-12-6-8-16-38(31)44-41(34)35)27-19-17-26(18-20-27)29-13-9-14-33-30-11-5-7-15-37(30)43-40(29)33/h3-24H,2H2,1H3/b4-3-,28-10+. The SMILES string of the molecule is C=c1/c(=C\C=C/C)c2c3ccc4c5ccccc5sc4c3ccc2n1-c1ccc(-c2cccc3c2oc2ccccc23)cc1. The van der Waals surface area contributed by atoms with Crippen LogP contribution in [0.3, 0.4) is 0 Å². The predicted molar refractivity (Wildman–Crippen MR) is 190 cm³/mol. The van der Waals surface area contributed by atoms with E-state index in [1.54, 1.807) is 0 Å². The van der Waals surface area contributed by atoms with Gasteiger partial charge in [0.1, 0.15) is 11.2 Å². The van der Waals surface area contributed by atoms with Crippen LogP contribution in [0.25, 0.3) is 93.3 Å². The molecule has 0 aliphatic heterocycles. The van der Waals surface area contributed by atoms with Crippen molar-refractivity contribution in [2.75, 3.05) is 0 Å². The molecular formula is C41H27NOS. The molecule has 0 aliphatic rings. The first-order valence-corrected chi connectivity index (χ1v) is 15.7. The van der Waals surface area contributed by atoms with Crippen LogP contribution in [-0.2, 0) is 0 Å². The van der Waals surface area contributed by atoms with Gasteiger partial charge in [0.05, 0.1) is 5.52 Å². The molecule has 208 valence electrons. The average molecular weight is 582 g/mol. The van der Waals surface area contributed by atoms with Crippen molar-refractivity contribution in [2.24, 2.45) is 0 Å². The lowest BCUT2D eigenvalue weighted by molar-refractivity contribution is 0.670. The molecule has 44 heavy (non-hydrogen) atoms. The van der Waals surface area contributed by atoms with Crippen LogP contribution in [0.4, 0.5) is 0 Å². The Morgan fingerprint density at radius 2 is 1.41 bits per heavy atom. The van der Waals surface area contributed by atoms with E-state index in [0.29, 0.717) is 0 Å². The number of nitrogens with zero attached hydrogens (tertiary/aromatic N) is 1. The molecule has 3 heteroatoms. The summed E-state index contributed by atoms with van der Waals surface area (Å²) in [4.78, 5) is 0. The second-order valence-electron chi connectivity index (χ2n) is 11.3. The Labute approximate surface area is 257 Å². The predicted octanol–water partition coefficient (Wildman–Crippen LogP) is 10.5. The van der Waals surface area contributed by atoms with Crippen LogP contribution in [0.5, 0.6) is 0 Å². The highest BCUT2D eigenvalue weighted by atomic mass is 32.1. The Balaban J connectivity index is 1.26. The van der Waals surface area contributed by atoms with E-state index in [-0.39, 0.29) is 0 Å². The van der Waals surface area contributed by atoms with Crippen molar-refractivity contribution in [2.45, 2.75) is 6.92 Å². The van der Waals surface area contributed by atoms with Crippen molar-refractivity contribution < 1.29 is 4.42 Å². The molecule has 0 N–H and O–H groups in total. The molecule has 0 bridgehead atoms. The molecule has 0 aliphatic carbocycles. The van der Waals surface area contributed by atoms with Gasteiger partial charge in [-0.3, -0.25) is 0 Å². The van der Waals surface area contributed by atoms with Crippen LogP contribution in [0.2, 0.25) is 0 Å². The van der Waals surface area contributed by atoms with Gasteiger partial charge in [0.25, 0.3) is 0 Å². The average Bonchev–Trinajstić information content (AvgIpc) is 3.73. The summed E-state index contributed by atoms with van der Waals surface area (Å²) in [5.74, 6) is 0. The topological polar surface area (TPSA) is 18.1 Å². The van der Waals surface area contributed by atoms with Crippen molar-refractivity contribution in [3.63, 3.8) is 0 Å². The minimum absolute atomic E-state index is 0.914. The van der Waals surface area contributed by atoms with Crippen LogP contribution >= 0.6 is 11.3 Å². The van der Waals surface area contributed by atoms with Gasteiger partial charge in [-0.05, 0) is 48.2 Å². The number of hydrogen-bond donors (Lipinski definition) is 0. The van der Waals surface area contributed by atoms with E-state index >= 15 is 0 Å². The molecule has 0 saturated carbocycles. The number of hydrogen-bond acceptors (Lipinski definition) is 2. The Bertz CT molecular complexity index is 2740. The number of benzene rings is 6. The fourth-order valence-electron chi connectivity index (χ4n) is 6.89. The van der Waals surface area contributed by atoms with Crippen LogP contribution < -0.4 is 10.6 Å². The van der Waals surface area contributed by atoms with Crippen LogP contribution in [0.15, 0.2) is 132 Å². The molecule has 0 radical (unpaired) electrons. The second-order valence-corrected chi connectivity index (χ2v) is 12.4. The van der Waals surface area contributed by atoms with Gasteiger partial charge in [0, 0.05) is 63.5 Å². The molecule has 9 rings (SSSR count). The molecule has 3 aromatic heterocycles. The summed E-state index contributed by atoms with van der Waals surface area (Å²) in [5, 5.41) is 10.8. The summed E-state index contributed by atoms with van der Waals surface area (Å²) in [5.41, 5.74) is 6.30. The minimum atomic E-state index is 0.914. The normalized spacial score (nSPS) is 12.8. The number of rotatable bonds is 3. The molecule has 3 heterocycles. The minimum Gasteiger partial charge on any atom is -0.455 e. The van der Waals surface area contributed by atoms with E-state index in [4.69, 9.17) is 4.42 Å². The first-order chi connectivity index (χ1) is 21.7. The highest BCUT2D eigenvalue weighted by Crippen LogP contribution is 2.40. The van der Waals surface area contributed by atoms with Gasteiger partial charge >= 0.3 is 0 Å². The van der Waals surface area contributed by atoms with E-state index in [2.05, 4.69) is 139 Å². The molecule has 0 saturated heterocycles. The molecule has 2 nitrogen and oxygen atoms in total. The van der Waals surface area contributed by atoms with E-state index in [0.717, 1.165) is 54.8 Å². The molecule has 0 fully saturated rings. The number of para-hydroxylation sites is 2. The Morgan fingerprint density at radius 1 is 0.682 bits per heavy atom. The Morgan fingerprint density at radius 3 is 2.27 bits per heavy atom. The monoisotopic (exact) mass is 581 g/mol. The quantitative estimate of drug-likeness (QED) is 0.203. The van der Waals surface area contributed by atoms with E-state index < -0.39 is 0 Å². The summed E-state index contributed by atoms with van der Waals surface area (Å²) in [6, 6.07) is 41.3. The maximum atomic E-state index is 6.34. The third kappa shape index (κ3) is 3.54. The van der Waals surface area contributed by atoms with Gasteiger partial charge in [0.15, 0.2) is 0 Å². The van der Waals surface area contributed by atoms with Crippen LogP contribution in [-0.4, -0.2) is 4.57 Å². The van der Waals surface area contributed by atoms with Gasteiger partial charge < -0.3 is 8.98 Å². The van der Waals surface area contributed by atoms with Crippen molar-refractivity contribution in [3.8, 4) is 16.8 Å². The van der Waals surface area contributed by atoms with Gasteiger partial charge in [-0.1, -0.05) is 110 Å². The maximum absolute atomic E-state index is 6.34. The number of furan rings is 1. The second kappa shape index (κ2) is 9.57.